The van der Waals surface area contributed by atoms with E-state index in [2.05, 4.69) is 16.8 Å². The van der Waals surface area contributed by atoms with Crippen molar-refractivity contribution in [3.63, 3.8) is 0 Å². The topological polar surface area (TPSA) is 16.1 Å². The van der Waals surface area contributed by atoms with Crippen molar-refractivity contribution in [2.45, 2.75) is 13.3 Å². The van der Waals surface area contributed by atoms with Crippen LogP contribution >= 0.6 is 23.2 Å². The van der Waals surface area contributed by atoms with Crippen LogP contribution in [0.5, 0.6) is 0 Å². The van der Waals surface area contributed by atoms with Gasteiger partial charge in [-0.3, -0.25) is 4.98 Å². The van der Waals surface area contributed by atoms with E-state index in [0.29, 0.717) is 10.9 Å². The molecule has 14 heavy (non-hydrogen) atoms. The van der Waals surface area contributed by atoms with Gasteiger partial charge in [0.05, 0.1) is 10.7 Å². The minimum absolute atomic E-state index is 0.610. The molecule has 2 nitrogen and oxygen atoms in total. The second-order valence-corrected chi connectivity index (χ2v) is 3.79. The SMILES string of the molecule is CCCN(CCCl)c1ccncc1Cl. The van der Waals surface area contributed by atoms with Gasteiger partial charge in [0.1, 0.15) is 0 Å². The maximum absolute atomic E-state index is 6.04. The summed E-state index contributed by atoms with van der Waals surface area (Å²) in [6, 6.07) is 1.92. The Balaban J connectivity index is 2.81. The number of nitrogens with zero attached hydrogens (tertiary/aromatic N) is 2. The number of aromatic nitrogens is 1. The number of anilines is 1. The maximum Gasteiger partial charge on any atom is 0.0822 e. The molecule has 1 heterocycles. The number of halogens is 2. The second-order valence-electron chi connectivity index (χ2n) is 3.00. The van der Waals surface area contributed by atoms with Gasteiger partial charge < -0.3 is 4.90 Å². The highest BCUT2D eigenvalue weighted by Gasteiger charge is 2.08. The molecule has 0 saturated heterocycles. The Morgan fingerprint density at radius 3 is 2.79 bits per heavy atom. The molecule has 1 rings (SSSR count). The van der Waals surface area contributed by atoms with Crippen molar-refractivity contribution in [2.75, 3.05) is 23.9 Å². The molecule has 0 bridgehead atoms. The summed E-state index contributed by atoms with van der Waals surface area (Å²) in [5.41, 5.74) is 1.02. The molecule has 0 radical (unpaired) electrons. The molecule has 1 aromatic rings. The average molecular weight is 233 g/mol. The standard InChI is InChI=1S/C10H14Cl2N2/c1-2-6-14(7-4-11)10-3-5-13-8-9(10)12/h3,5,8H,2,4,6-7H2,1H3. The molecule has 4 heteroatoms. The Kier molecular flexibility index (Phi) is 5.05. The molecule has 0 aliphatic carbocycles. The molecule has 0 aliphatic heterocycles. The Bertz CT molecular complexity index is 273. The maximum atomic E-state index is 6.04. The molecule has 0 atom stereocenters. The van der Waals surface area contributed by atoms with E-state index in [1.54, 1.807) is 12.4 Å². The van der Waals surface area contributed by atoms with Crippen LogP contribution in [0.2, 0.25) is 5.02 Å². The first kappa shape index (κ1) is 11.6. The molecule has 0 spiro atoms. The van der Waals surface area contributed by atoms with Gasteiger partial charge in [0, 0.05) is 31.4 Å². The van der Waals surface area contributed by atoms with Crippen molar-refractivity contribution >= 4 is 28.9 Å². The van der Waals surface area contributed by atoms with E-state index in [-0.39, 0.29) is 0 Å². The summed E-state index contributed by atoms with van der Waals surface area (Å²) in [5.74, 6) is 0.610. The number of pyridine rings is 1. The highest BCUT2D eigenvalue weighted by atomic mass is 35.5. The monoisotopic (exact) mass is 232 g/mol. The summed E-state index contributed by atoms with van der Waals surface area (Å²) in [6.07, 6.45) is 4.49. The second kappa shape index (κ2) is 6.10. The van der Waals surface area contributed by atoms with Gasteiger partial charge in [0.15, 0.2) is 0 Å². The van der Waals surface area contributed by atoms with Gasteiger partial charge >= 0.3 is 0 Å². The molecular weight excluding hydrogens is 219 g/mol. The lowest BCUT2D eigenvalue weighted by Gasteiger charge is -2.23. The first-order chi connectivity index (χ1) is 6.79. The fourth-order valence-electron chi connectivity index (χ4n) is 1.35. The summed E-state index contributed by atoms with van der Waals surface area (Å²) in [4.78, 5) is 6.13. The highest BCUT2D eigenvalue weighted by Crippen LogP contribution is 2.24. The number of rotatable bonds is 5. The van der Waals surface area contributed by atoms with Crippen molar-refractivity contribution in [1.29, 1.82) is 0 Å². The zero-order valence-electron chi connectivity index (χ0n) is 8.21. The molecule has 0 aromatic carbocycles. The molecular formula is C10H14Cl2N2. The zero-order valence-corrected chi connectivity index (χ0v) is 9.72. The highest BCUT2D eigenvalue weighted by molar-refractivity contribution is 6.33. The average Bonchev–Trinajstić information content (AvgIpc) is 2.18. The summed E-state index contributed by atoms with van der Waals surface area (Å²) in [6.45, 7) is 3.92. The summed E-state index contributed by atoms with van der Waals surface area (Å²) >= 11 is 11.8. The summed E-state index contributed by atoms with van der Waals surface area (Å²) in [7, 11) is 0. The molecule has 0 N–H and O–H groups in total. The van der Waals surface area contributed by atoms with Crippen molar-refractivity contribution in [1.82, 2.24) is 4.98 Å². The minimum Gasteiger partial charge on any atom is -0.369 e. The van der Waals surface area contributed by atoms with Crippen LogP contribution in [0, 0.1) is 0 Å². The molecule has 0 amide bonds. The third-order valence-corrected chi connectivity index (χ3v) is 2.40. The van der Waals surface area contributed by atoms with E-state index in [1.807, 2.05) is 6.07 Å². The number of hydrogen-bond donors (Lipinski definition) is 0. The van der Waals surface area contributed by atoms with E-state index >= 15 is 0 Å². The molecule has 0 saturated carbocycles. The van der Waals surface area contributed by atoms with Crippen LogP contribution in [0.25, 0.3) is 0 Å². The smallest absolute Gasteiger partial charge is 0.0822 e. The van der Waals surface area contributed by atoms with Crippen LogP contribution in [0.1, 0.15) is 13.3 Å². The van der Waals surface area contributed by atoms with Gasteiger partial charge in [-0.15, -0.1) is 11.6 Å². The van der Waals surface area contributed by atoms with Gasteiger partial charge in [-0.1, -0.05) is 18.5 Å². The van der Waals surface area contributed by atoms with Crippen molar-refractivity contribution in [2.24, 2.45) is 0 Å². The van der Waals surface area contributed by atoms with Gasteiger partial charge in [-0.05, 0) is 12.5 Å². The predicted molar refractivity (Wildman–Crippen MR) is 62.5 cm³/mol. The fraction of sp³-hybridized carbons (Fsp3) is 0.500. The first-order valence-electron chi connectivity index (χ1n) is 4.70. The molecule has 0 unspecified atom stereocenters. The largest absolute Gasteiger partial charge is 0.369 e. The van der Waals surface area contributed by atoms with Gasteiger partial charge in [0.25, 0.3) is 0 Å². The molecule has 0 aliphatic rings. The predicted octanol–water partition coefficient (Wildman–Crippen LogP) is 3.19. The minimum atomic E-state index is 0.610. The van der Waals surface area contributed by atoms with Gasteiger partial charge in [-0.25, -0.2) is 0 Å². The lowest BCUT2D eigenvalue weighted by molar-refractivity contribution is 0.793. The van der Waals surface area contributed by atoms with Crippen LogP contribution in [0.15, 0.2) is 18.5 Å². The zero-order chi connectivity index (χ0) is 10.4. The van der Waals surface area contributed by atoms with E-state index in [4.69, 9.17) is 23.2 Å². The van der Waals surface area contributed by atoms with E-state index in [1.165, 1.54) is 0 Å². The summed E-state index contributed by atoms with van der Waals surface area (Å²) in [5, 5.41) is 0.686. The van der Waals surface area contributed by atoms with Crippen LogP contribution in [0.4, 0.5) is 5.69 Å². The Morgan fingerprint density at radius 2 is 2.21 bits per heavy atom. The van der Waals surface area contributed by atoms with Crippen molar-refractivity contribution < 1.29 is 0 Å². The Labute approximate surface area is 94.8 Å². The third kappa shape index (κ3) is 3.03. The van der Waals surface area contributed by atoms with Crippen LogP contribution in [0.3, 0.4) is 0 Å². The normalized spacial score (nSPS) is 10.2. The van der Waals surface area contributed by atoms with E-state index in [9.17, 15) is 0 Å². The Hall–Kier alpha value is -0.470. The van der Waals surface area contributed by atoms with Crippen LogP contribution in [-0.2, 0) is 0 Å². The third-order valence-electron chi connectivity index (χ3n) is 1.94. The number of alkyl halides is 1. The lowest BCUT2D eigenvalue weighted by Crippen LogP contribution is -2.26. The fourth-order valence-corrected chi connectivity index (χ4v) is 1.79. The first-order valence-corrected chi connectivity index (χ1v) is 5.61. The molecule has 78 valence electrons. The number of hydrogen-bond acceptors (Lipinski definition) is 2. The van der Waals surface area contributed by atoms with Crippen LogP contribution < -0.4 is 4.90 Å². The van der Waals surface area contributed by atoms with Crippen molar-refractivity contribution in [3.05, 3.63) is 23.5 Å². The van der Waals surface area contributed by atoms with Crippen LogP contribution in [-0.4, -0.2) is 24.0 Å². The quantitative estimate of drug-likeness (QED) is 0.726. The van der Waals surface area contributed by atoms with Crippen molar-refractivity contribution in [3.8, 4) is 0 Å². The van der Waals surface area contributed by atoms with Gasteiger partial charge in [-0.2, -0.15) is 0 Å². The Morgan fingerprint density at radius 1 is 1.43 bits per heavy atom. The molecule has 0 fully saturated rings. The van der Waals surface area contributed by atoms with E-state index < -0.39 is 0 Å². The van der Waals surface area contributed by atoms with Gasteiger partial charge in [0.2, 0.25) is 0 Å². The molecule has 1 aromatic heterocycles. The lowest BCUT2D eigenvalue weighted by atomic mass is 10.3. The van der Waals surface area contributed by atoms with E-state index in [0.717, 1.165) is 25.2 Å². The summed E-state index contributed by atoms with van der Waals surface area (Å²) < 4.78 is 0.